The number of carbonyl (C=O) groups excluding carboxylic acids is 2. The van der Waals surface area contributed by atoms with Gasteiger partial charge in [-0.2, -0.15) is 0 Å². The van der Waals surface area contributed by atoms with Gasteiger partial charge in [0.25, 0.3) is 0 Å². The van der Waals surface area contributed by atoms with E-state index in [4.69, 9.17) is 10.5 Å². The maximum absolute atomic E-state index is 13.2. The Hall–Kier alpha value is -2.66. The zero-order valence-corrected chi connectivity index (χ0v) is 14.3. The number of anilines is 1. The Morgan fingerprint density at radius 2 is 1.72 bits per heavy atom. The smallest absolute Gasteiger partial charge is 0.339 e. The Labute approximate surface area is 147 Å². The molecular formula is C20H22N2O3. The lowest BCUT2D eigenvalue weighted by Crippen LogP contribution is -2.54. The minimum Gasteiger partial charge on any atom is -0.446 e. The molecule has 0 radical (unpaired) electrons. The van der Waals surface area contributed by atoms with Gasteiger partial charge in [0.2, 0.25) is 5.78 Å². The average Bonchev–Trinajstić information content (AvgIpc) is 2.62. The lowest BCUT2D eigenvalue weighted by Gasteiger charge is -2.39. The quantitative estimate of drug-likeness (QED) is 0.527. The highest BCUT2D eigenvalue weighted by Crippen LogP contribution is 2.30. The predicted octanol–water partition coefficient (Wildman–Crippen LogP) is 2.77. The van der Waals surface area contributed by atoms with Gasteiger partial charge >= 0.3 is 5.97 Å². The maximum Gasteiger partial charge on any atom is 0.339 e. The van der Waals surface area contributed by atoms with Gasteiger partial charge < -0.3 is 15.4 Å². The van der Waals surface area contributed by atoms with E-state index in [1.54, 1.807) is 36.4 Å². The highest BCUT2D eigenvalue weighted by atomic mass is 16.6. The summed E-state index contributed by atoms with van der Waals surface area (Å²) in [4.78, 5) is 27.8. The average molecular weight is 338 g/mol. The Morgan fingerprint density at radius 3 is 2.36 bits per heavy atom. The number of ketones is 1. The number of nitrogen functional groups attached to an aromatic ring is 1. The topological polar surface area (TPSA) is 72.6 Å². The van der Waals surface area contributed by atoms with E-state index in [0.717, 1.165) is 13.0 Å². The summed E-state index contributed by atoms with van der Waals surface area (Å²) >= 11 is 0. The third-order valence-corrected chi connectivity index (χ3v) is 4.53. The first kappa shape index (κ1) is 17.2. The van der Waals surface area contributed by atoms with Gasteiger partial charge in [-0.05, 0) is 50.7 Å². The van der Waals surface area contributed by atoms with Crippen molar-refractivity contribution in [1.82, 2.24) is 4.90 Å². The third-order valence-electron chi connectivity index (χ3n) is 4.53. The lowest BCUT2D eigenvalue weighted by molar-refractivity contribution is -0.0364. The van der Waals surface area contributed by atoms with Crippen LogP contribution >= 0.6 is 0 Å². The number of carbonyl (C=O) groups is 2. The van der Waals surface area contributed by atoms with Crippen LogP contribution in [0.25, 0.3) is 0 Å². The van der Waals surface area contributed by atoms with Gasteiger partial charge in [-0.3, -0.25) is 4.79 Å². The van der Waals surface area contributed by atoms with Crippen molar-refractivity contribution in [2.75, 3.05) is 25.9 Å². The van der Waals surface area contributed by atoms with E-state index in [-0.39, 0.29) is 5.78 Å². The van der Waals surface area contributed by atoms with Crippen LogP contribution in [0.4, 0.5) is 5.69 Å². The molecule has 2 aromatic rings. The number of ether oxygens (including phenoxy) is 1. The number of benzene rings is 2. The van der Waals surface area contributed by atoms with Crippen LogP contribution in [0, 0.1) is 0 Å². The van der Waals surface area contributed by atoms with Gasteiger partial charge in [-0.15, -0.1) is 0 Å². The Kier molecular flexibility index (Phi) is 4.86. The fourth-order valence-electron chi connectivity index (χ4n) is 3.25. The number of likely N-dealkylation sites (N-methyl/N-ethyl adjacent to an activating group) is 1. The number of likely N-dealkylation sites (tertiary alicyclic amines) is 1. The number of rotatable bonds is 4. The van der Waals surface area contributed by atoms with Gasteiger partial charge in [-0.1, -0.05) is 30.3 Å². The molecule has 0 spiro atoms. The van der Waals surface area contributed by atoms with Crippen molar-refractivity contribution in [3.8, 4) is 0 Å². The first-order valence-corrected chi connectivity index (χ1v) is 8.37. The van der Waals surface area contributed by atoms with Crippen LogP contribution in [-0.4, -0.2) is 42.4 Å². The standard InChI is InChI=1S/C20H22N2O3/c1-22-13-5-12-20(14-22,18(23)15-6-3-2-4-7-15)25-19(24)16-8-10-17(21)11-9-16/h2-4,6-11H,5,12-14,21H2,1H3. The molecule has 5 heteroatoms. The van der Waals surface area contributed by atoms with Crippen LogP contribution in [0.1, 0.15) is 33.6 Å². The SMILES string of the molecule is CN1CCCC(OC(=O)c2ccc(N)cc2)(C(=O)c2ccccc2)C1. The van der Waals surface area contributed by atoms with E-state index in [9.17, 15) is 9.59 Å². The first-order chi connectivity index (χ1) is 12.0. The second kappa shape index (κ2) is 7.07. The van der Waals surface area contributed by atoms with Crippen LogP contribution < -0.4 is 5.73 Å². The lowest BCUT2D eigenvalue weighted by atomic mass is 9.85. The molecule has 2 aromatic carbocycles. The molecule has 1 unspecified atom stereocenters. The molecule has 130 valence electrons. The van der Waals surface area contributed by atoms with E-state index < -0.39 is 11.6 Å². The van der Waals surface area contributed by atoms with Crippen LogP contribution in [0.15, 0.2) is 54.6 Å². The van der Waals surface area contributed by atoms with Crippen molar-refractivity contribution < 1.29 is 14.3 Å². The number of nitrogens with two attached hydrogens (primary N) is 1. The van der Waals surface area contributed by atoms with Crippen LogP contribution in [-0.2, 0) is 4.74 Å². The molecule has 0 saturated carbocycles. The molecule has 1 atom stereocenters. The molecule has 0 aromatic heterocycles. The monoisotopic (exact) mass is 338 g/mol. The molecule has 3 rings (SSSR count). The Balaban J connectivity index is 1.90. The van der Waals surface area contributed by atoms with Gasteiger partial charge in [-0.25, -0.2) is 4.79 Å². The van der Waals surface area contributed by atoms with E-state index in [2.05, 4.69) is 0 Å². The van der Waals surface area contributed by atoms with Crippen LogP contribution in [0.5, 0.6) is 0 Å². The zero-order valence-electron chi connectivity index (χ0n) is 14.3. The van der Waals surface area contributed by atoms with Crippen molar-refractivity contribution in [3.05, 3.63) is 65.7 Å². The number of nitrogens with zero attached hydrogens (tertiary/aromatic N) is 1. The minimum atomic E-state index is -1.16. The van der Waals surface area contributed by atoms with Crippen molar-refractivity contribution >= 4 is 17.4 Å². The molecule has 5 nitrogen and oxygen atoms in total. The molecule has 0 bridgehead atoms. The highest BCUT2D eigenvalue weighted by Gasteiger charge is 2.45. The largest absolute Gasteiger partial charge is 0.446 e. The fraction of sp³-hybridized carbons (Fsp3) is 0.300. The van der Waals surface area contributed by atoms with E-state index >= 15 is 0 Å². The molecule has 1 saturated heterocycles. The van der Waals surface area contributed by atoms with Gasteiger partial charge in [0.1, 0.15) is 0 Å². The highest BCUT2D eigenvalue weighted by molar-refractivity contribution is 6.04. The van der Waals surface area contributed by atoms with E-state index in [1.165, 1.54) is 0 Å². The first-order valence-electron chi connectivity index (χ1n) is 8.37. The molecule has 25 heavy (non-hydrogen) atoms. The summed E-state index contributed by atoms with van der Waals surface area (Å²) in [6, 6.07) is 15.5. The molecule has 1 aliphatic heterocycles. The van der Waals surface area contributed by atoms with Crippen LogP contribution in [0.3, 0.4) is 0 Å². The van der Waals surface area contributed by atoms with Crippen molar-refractivity contribution in [2.24, 2.45) is 0 Å². The van der Waals surface area contributed by atoms with Gasteiger partial charge in [0.05, 0.1) is 5.56 Å². The molecule has 0 aliphatic carbocycles. The van der Waals surface area contributed by atoms with Crippen molar-refractivity contribution in [3.63, 3.8) is 0 Å². The Morgan fingerprint density at radius 1 is 1.04 bits per heavy atom. The second-order valence-electron chi connectivity index (χ2n) is 6.54. The van der Waals surface area contributed by atoms with E-state index in [0.29, 0.717) is 29.8 Å². The molecule has 2 N–H and O–H groups in total. The summed E-state index contributed by atoms with van der Waals surface area (Å²) in [6.45, 7) is 1.27. The summed E-state index contributed by atoms with van der Waals surface area (Å²) in [6.07, 6.45) is 1.32. The number of hydrogen-bond donors (Lipinski definition) is 1. The molecule has 0 amide bonds. The summed E-state index contributed by atoms with van der Waals surface area (Å²) < 4.78 is 5.82. The number of hydrogen-bond acceptors (Lipinski definition) is 5. The summed E-state index contributed by atoms with van der Waals surface area (Å²) in [5.74, 6) is -0.650. The van der Waals surface area contributed by atoms with Crippen LogP contribution in [0.2, 0.25) is 0 Å². The molecule has 1 aliphatic rings. The number of esters is 1. The third kappa shape index (κ3) is 3.72. The normalized spacial score (nSPS) is 20.8. The maximum atomic E-state index is 13.2. The summed E-state index contributed by atoms with van der Waals surface area (Å²) in [5, 5.41) is 0. The van der Waals surface area contributed by atoms with Crippen molar-refractivity contribution in [1.29, 1.82) is 0 Å². The van der Waals surface area contributed by atoms with Gasteiger partial charge in [0.15, 0.2) is 5.60 Å². The summed E-state index contributed by atoms with van der Waals surface area (Å²) in [7, 11) is 1.93. The fourth-order valence-corrected chi connectivity index (χ4v) is 3.25. The summed E-state index contributed by atoms with van der Waals surface area (Å²) in [5.41, 5.74) is 6.03. The molecular weight excluding hydrogens is 316 g/mol. The van der Waals surface area contributed by atoms with E-state index in [1.807, 2.05) is 30.1 Å². The number of Topliss-reactive ketones (excluding diaryl/α,β-unsaturated/α-hetero) is 1. The molecule has 1 heterocycles. The Bertz CT molecular complexity index is 758. The molecule has 1 fully saturated rings. The number of piperidine rings is 1. The van der Waals surface area contributed by atoms with Crippen molar-refractivity contribution in [2.45, 2.75) is 18.4 Å². The zero-order chi connectivity index (χ0) is 17.9. The van der Waals surface area contributed by atoms with Gasteiger partial charge in [0, 0.05) is 17.8 Å². The predicted molar refractivity (Wildman–Crippen MR) is 96.5 cm³/mol. The minimum absolute atomic E-state index is 0.150. The second-order valence-corrected chi connectivity index (χ2v) is 6.54.